The van der Waals surface area contributed by atoms with Crippen LogP contribution in [0.5, 0.6) is 0 Å². The number of rotatable bonds is 0. The number of hydrogen-bond donors (Lipinski definition) is 0. The van der Waals surface area contributed by atoms with Crippen LogP contribution in [0.1, 0.15) is 0 Å². The first-order valence-corrected chi connectivity index (χ1v) is 7.09. The van der Waals surface area contributed by atoms with Gasteiger partial charge in [-0.3, -0.25) is 8.42 Å². The third-order valence-electron chi connectivity index (χ3n) is 0. The normalized spacial score (nSPS) is 9.56. The van der Waals surface area contributed by atoms with E-state index in [1.165, 1.54) is 0 Å². The van der Waals surface area contributed by atoms with Gasteiger partial charge in [0.15, 0.2) is 0 Å². The second-order valence-corrected chi connectivity index (χ2v) is 4.34. The van der Waals surface area contributed by atoms with E-state index in [-0.39, 0.29) is 120 Å². The summed E-state index contributed by atoms with van der Waals surface area (Å²) in [6, 6.07) is 0. The monoisotopic (exact) mass is 468 g/mol. The van der Waals surface area contributed by atoms with Gasteiger partial charge in [0.1, 0.15) is 0 Å². The van der Waals surface area contributed by atoms with Crippen LogP contribution in [0.15, 0.2) is 0 Å². The van der Waals surface area contributed by atoms with Gasteiger partial charge in [-0.2, -0.15) is 0 Å². The van der Waals surface area contributed by atoms with Crippen LogP contribution in [-0.4, -0.2) is 17.5 Å². The topological polar surface area (TPSA) is 229 Å². The van der Waals surface area contributed by atoms with Crippen molar-refractivity contribution in [3.05, 3.63) is 0 Å². The van der Waals surface area contributed by atoms with E-state index in [1.807, 2.05) is 0 Å². The molecule has 0 N–H and O–H groups in total. The summed E-state index contributed by atoms with van der Waals surface area (Å²) in [7, 11) is -5.17. The maximum atomic E-state index is 8.58. The summed E-state index contributed by atoms with van der Waals surface area (Å²) in [5.41, 5.74) is 0. The first kappa shape index (κ1) is 37.6. The minimum absolute atomic E-state index is 0. The molecule has 0 amide bonds. The van der Waals surface area contributed by atoms with Gasteiger partial charge in [-0.15, -0.1) is 0 Å². The van der Waals surface area contributed by atoms with Gasteiger partial charge in [-0.05, 0) is 0 Å². The first-order chi connectivity index (χ1) is 6.00. The number of hydrogen-bond acceptors (Lipinski definition) is 12. The second kappa shape index (κ2) is 16.8. The van der Waals surface area contributed by atoms with E-state index in [4.69, 9.17) is 48.9 Å². The summed E-state index contributed by atoms with van der Waals surface area (Å²) in [5, 5.41) is 0. The van der Waals surface area contributed by atoms with Crippen molar-refractivity contribution in [2.75, 3.05) is 0 Å². The molecule has 0 heterocycles. The van der Waals surface area contributed by atoms with Crippen molar-refractivity contribution in [2.24, 2.45) is 0 Å². The predicted molar refractivity (Wildman–Crippen MR) is 14.6 cm³/mol. The van der Waals surface area contributed by atoms with Gasteiger partial charge in [0.05, 0.1) is 0 Å². The summed E-state index contributed by atoms with van der Waals surface area (Å²) < 4.78 is 103. The zero-order valence-electron chi connectivity index (χ0n) is 8.42. The second-order valence-electron chi connectivity index (χ2n) is 1.16. The fourth-order valence-corrected chi connectivity index (χ4v) is 0. The van der Waals surface area contributed by atoms with Crippen molar-refractivity contribution in [2.45, 2.75) is 0 Å². The van der Waals surface area contributed by atoms with Crippen LogP contribution < -0.4 is 111 Å². The first-order valence-electron chi connectivity index (χ1n) is 1.90. The van der Waals surface area contributed by atoms with Gasteiger partial charge in [-0.1, -0.05) is 0 Å². The fourth-order valence-electron chi connectivity index (χ4n) is 0. The maximum absolute atomic E-state index is 8.58. The van der Waals surface area contributed by atoms with Crippen molar-refractivity contribution < 1.29 is 195 Å². The van der Waals surface area contributed by atoms with Crippen molar-refractivity contribution in [3.63, 3.8) is 0 Å². The molecule has 0 aliphatic rings. The molecule has 0 aliphatic heterocycles. The summed E-state index contributed by atoms with van der Waals surface area (Å²) in [6.45, 7) is 0. The van der Waals surface area contributed by atoms with Crippen molar-refractivity contribution >= 4 is 10.4 Å². The van der Waals surface area contributed by atoms with Crippen molar-refractivity contribution in [1.29, 1.82) is 0 Å². The minimum atomic E-state index is -5.62. The van der Waals surface area contributed by atoms with Crippen molar-refractivity contribution in [1.82, 2.24) is 0 Å². The van der Waals surface area contributed by atoms with Gasteiger partial charge in [0, 0.05) is 10.4 Å². The molecule has 0 aromatic rings. The van der Waals surface area contributed by atoms with Crippen LogP contribution in [0.4, 0.5) is 0 Å². The molecule has 12 nitrogen and oxygen atoms in total. The molecule has 18 heavy (non-hydrogen) atoms. The van der Waals surface area contributed by atoms with E-state index in [9.17, 15) is 0 Å². The van der Waals surface area contributed by atoms with E-state index in [0.717, 1.165) is 0 Å². The summed E-state index contributed by atoms with van der Waals surface area (Å²) in [6.07, 6.45) is 0. The molecule has 0 atom stereocenters. The van der Waals surface area contributed by atoms with Gasteiger partial charge < -0.3 is 9.11 Å². The summed E-state index contributed by atoms with van der Waals surface area (Å²) >= 11 is -11.2. The molecular weight excluding hydrogens is 468 g/mol. The SMILES string of the molecule is O=S(=O)([O-])[O-].[Fe+2].[K+].[K+].[O]=[Mn](=[O])(=[O])[O-].[O]=[Mn](=[O])(=[O])[O-]. The third-order valence-corrected chi connectivity index (χ3v) is 0. The zero-order valence-corrected chi connectivity index (χ0v) is 18.9. The van der Waals surface area contributed by atoms with E-state index in [0.29, 0.717) is 0 Å². The molecular formula is FeK2Mn2O12S. The Bertz CT molecular complexity index is 490. The standard InChI is InChI=1S/Fe.2K.2Mn.H2O4S.8O/c;;;;;1-5(2,3)4;;;;;;;;/h;;;;;(H2,1,2,3,4);;;;;;;;/q+2;2*+1;;;;;;;;;;2*-1/p-2. The van der Waals surface area contributed by atoms with E-state index in [2.05, 4.69) is 0 Å². The average Bonchev–Trinajstić information content (AvgIpc) is 1.41. The molecule has 0 radical (unpaired) electrons. The molecule has 0 rings (SSSR count). The van der Waals surface area contributed by atoms with E-state index in [1.54, 1.807) is 0 Å². The van der Waals surface area contributed by atoms with E-state index < -0.39 is 36.3 Å². The van der Waals surface area contributed by atoms with Crippen LogP contribution >= 0.6 is 0 Å². The molecule has 0 fully saturated rings. The Balaban J connectivity index is -0.0000000277. The molecule has 0 saturated carbocycles. The third kappa shape index (κ3) is 563. The fraction of sp³-hybridized carbons (Fsp3) is 0. The van der Waals surface area contributed by atoms with Crippen LogP contribution in [-0.2, 0) is 76.4 Å². The molecule has 102 valence electrons. The van der Waals surface area contributed by atoms with Gasteiger partial charge in [-0.25, -0.2) is 0 Å². The van der Waals surface area contributed by atoms with Crippen molar-refractivity contribution in [3.8, 4) is 0 Å². The van der Waals surface area contributed by atoms with Gasteiger partial charge in [0.2, 0.25) is 0 Å². The van der Waals surface area contributed by atoms with Crippen LogP contribution in [0.3, 0.4) is 0 Å². The molecule has 0 saturated heterocycles. The average molecular weight is 468 g/mol. The quantitative estimate of drug-likeness (QED) is 0.183. The summed E-state index contributed by atoms with van der Waals surface area (Å²) in [5.74, 6) is 0. The van der Waals surface area contributed by atoms with Crippen LogP contribution in [0, 0.1) is 0 Å². The Morgan fingerprint density at radius 1 is 0.667 bits per heavy atom. The van der Waals surface area contributed by atoms with Gasteiger partial charge in [0.25, 0.3) is 0 Å². The Labute approximate surface area is 200 Å². The molecule has 0 aromatic heterocycles. The Morgan fingerprint density at radius 2 is 0.667 bits per heavy atom. The Hall–Kier alpha value is 3.42. The Morgan fingerprint density at radius 3 is 0.667 bits per heavy atom. The molecule has 0 unspecified atom stereocenters. The molecule has 0 aliphatic carbocycles. The summed E-state index contributed by atoms with van der Waals surface area (Å²) in [4.78, 5) is 0. The van der Waals surface area contributed by atoms with E-state index >= 15 is 0 Å². The Kier molecular flexibility index (Phi) is 35.0. The van der Waals surface area contributed by atoms with Gasteiger partial charge >= 0.3 is 177 Å². The molecule has 0 bridgehead atoms. The zero-order chi connectivity index (χ0) is 13.5. The molecule has 0 spiro atoms. The van der Waals surface area contributed by atoms with Crippen LogP contribution in [0.2, 0.25) is 0 Å². The molecule has 0 aromatic carbocycles. The predicted octanol–water partition coefficient (Wildman–Crippen LogP) is -10.4. The molecule has 18 heteroatoms. The van der Waals surface area contributed by atoms with Crippen LogP contribution in [0.25, 0.3) is 0 Å².